The smallest absolute Gasteiger partial charge is 0.215 e. The van der Waals surface area contributed by atoms with Crippen LogP contribution in [0.1, 0.15) is 55.2 Å². The van der Waals surface area contributed by atoms with Gasteiger partial charge in [-0.25, -0.2) is 9.97 Å². The third-order valence-corrected chi connectivity index (χ3v) is 5.12. The van der Waals surface area contributed by atoms with Gasteiger partial charge in [-0.2, -0.15) is 0 Å². The highest BCUT2D eigenvalue weighted by atomic mass is 16.1. The molecule has 1 saturated heterocycles. The molecule has 2 aromatic heterocycles. The van der Waals surface area contributed by atoms with Gasteiger partial charge in [0.25, 0.3) is 0 Å². The highest BCUT2D eigenvalue weighted by Crippen LogP contribution is 2.23. The molecule has 3 rings (SSSR count). The molecule has 150 valence electrons. The van der Waals surface area contributed by atoms with Gasteiger partial charge < -0.3 is 16.0 Å². The number of carbonyl (C=O) groups excluding carboxylic acids is 1. The summed E-state index contributed by atoms with van der Waals surface area (Å²) in [6.45, 7) is 9.31. The van der Waals surface area contributed by atoms with E-state index in [0.717, 1.165) is 50.3 Å². The van der Waals surface area contributed by atoms with Crippen LogP contribution in [0.2, 0.25) is 0 Å². The molecule has 28 heavy (non-hydrogen) atoms. The van der Waals surface area contributed by atoms with Crippen LogP contribution in [0.15, 0.2) is 30.5 Å². The number of aromatic nitrogens is 2. The van der Waals surface area contributed by atoms with E-state index in [0.29, 0.717) is 23.2 Å². The maximum atomic E-state index is 13.2. The van der Waals surface area contributed by atoms with E-state index in [1.54, 1.807) is 18.3 Å². The zero-order valence-corrected chi connectivity index (χ0v) is 17.1. The van der Waals surface area contributed by atoms with Crippen LogP contribution >= 0.6 is 0 Å². The molecule has 1 aliphatic rings. The molecule has 0 spiro atoms. The first kappa shape index (κ1) is 20.3. The fraction of sp³-hybridized carbons (Fsp3) is 0.500. The van der Waals surface area contributed by atoms with Crippen LogP contribution in [0, 0.1) is 5.92 Å². The highest BCUT2D eigenvalue weighted by molar-refractivity contribution is 6.11. The van der Waals surface area contributed by atoms with Crippen LogP contribution in [0.25, 0.3) is 0 Å². The first-order chi connectivity index (χ1) is 13.5. The summed E-state index contributed by atoms with van der Waals surface area (Å²) in [6, 6.07) is 7.99. The summed E-state index contributed by atoms with van der Waals surface area (Å²) in [5.74, 6) is 1.61. The van der Waals surface area contributed by atoms with Crippen LogP contribution in [0.5, 0.6) is 0 Å². The number of aryl methyl sites for hydroxylation is 1. The molecule has 0 aromatic carbocycles. The van der Waals surface area contributed by atoms with Crippen LogP contribution in [0.3, 0.4) is 0 Å². The molecule has 6 heteroatoms. The van der Waals surface area contributed by atoms with Crippen molar-refractivity contribution in [3.8, 4) is 0 Å². The molecule has 0 bridgehead atoms. The number of ketones is 1. The number of nitrogens with two attached hydrogens (primary N) is 1. The molecule has 0 amide bonds. The van der Waals surface area contributed by atoms with Crippen molar-refractivity contribution in [3.05, 3.63) is 47.3 Å². The van der Waals surface area contributed by atoms with Crippen molar-refractivity contribution >= 4 is 17.4 Å². The number of pyridine rings is 2. The number of hydrogen-bond donors (Lipinski definition) is 2. The Balaban J connectivity index is 1.91. The standard InChI is InChI=1S/C22H31N5O/c1-4-6-16-8-9-19(27-12-11-24-17(14-27)13-15(2)3)26-20(16)21(28)18-7-5-10-25-22(18)23/h5,7-10,15,17,24H,4,6,11-14H2,1-3H3,(H2,23,25)/t17-/m0/s1. The second-order valence-electron chi connectivity index (χ2n) is 7.92. The van der Waals surface area contributed by atoms with E-state index in [1.165, 1.54) is 0 Å². The summed E-state index contributed by atoms with van der Waals surface area (Å²) in [5.41, 5.74) is 7.83. The second-order valence-corrected chi connectivity index (χ2v) is 7.92. The monoisotopic (exact) mass is 381 g/mol. The van der Waals surface area contributed by atoms with E-state index < -0.39 is 0 Å². The predicted molar refractivity (Wildman–Crippen MR) is 114 cm³/mol. The van der Waals surface area contributed by atoms with Gasteiger partial charge in [0.1, 0.15) is 17.3 Å². The van der Waals surface area contributed by atoms with Crippen LogP contribution in [-0.4, -0.2) is 41.4 Å². The Kier molecular flexibility index (Phi) is 6.62. The summed E-state index contributed by atoms with van der Waals surface area (Å²) < 4.78 is 0. The Morgan fingerprint density at radius 2 is 2.18 bits per heavy atom. The predicted octanol–water partition coefficient (Wildman–Crippen LogP) is 3.07. The van der Waals surface area contributed by atoms with Crippen molar-refractivity contribution in [1.82, 2.24) is 15.3 Å². The lowest BCUT2D eigenvalue weighted by atomic mass is 10.0. The van der Waals surface area contributed by atoms with Gasteiger partial charge in [0.2, 0.25) is 5.78 Å². The Bertz CT molecular complexity index is 820. The number of nitrogen functional groups attached to an aromatic ring is 1. The number of nitrogens with one attached hydrogen (secondary N) is 1. The molecule has 6 nitrogen and oxygen atoms in total. The van der Waals surface area contributed by atoms with E-state index in [9.17, 15) is 4.79 Å². The average molecular weight is 382 g/mol. The van der Waals surface area contributed by atoms with Crippen LogP contribution in [0.4, 0.5) is 11.6 Å². The van der Waals surface area contributed by atoms with Crippen LogP contribution in [-0.2, 0) is 6.42 Å². The molecule has 0 unspecified atom stereocenters. The van der Waals surface area contributed by atoms with E-state index in [1.807, 2.05) is 12.1 Å². The minimum atomic E-state index is -0.148. The number of nitrogens with zero attached hydrogens (tertiary/aromatic N) is 3. The fourth-order valence-corrected chi connectivity index (χ4v) is 3.82. The van der Waals surface area contributed by atoms with E-state index in [2.05, 4.69) is 36.0 Å². The number of carbonyl (C=O) groups is 1. The van der Waals surface area contributed by atoms with Crippen molar-refractivity contribution in [2.45, 2.75) is 46.1 Å². The van der Waals surface area contributed by atoms with Gasteiger partial charge in [0.15, 0.2) is 0 Å². The Morgan fingerprint density at radius 1 is 1.36 bits per heavy atom. The Morgan fingerprint density at radius 3 is 2.89 bits per heavy atom. The Hall–Kier alpha value is -2.47. The summed E-state index contributed by atoms with van der Waals surface area (Å²) in [7, 11) is 0. The van der Waals surface area contributed by atoms with E-state index in [4.69, 9.17) is 10.7 Å². The quantitative estimate of drug-likeness (QED) is 0.717. The minimum absolute atomic E-state index is 0.148. The Labute approximate surface area is 167 Å². The molecule has 1 atom stereocenters. The first-order valence-electron chi connectivity index (χ1n) is 10.2. The van der Waals surface area contributed by atoms with Crippen LogP contribution < -0.4 is 16.0 Å². The maximum Gasteiger partial charge on any atom is 0.215 e. The molecular formula is C22H31N5O. The van der Waals surface area contributed by atoms with Gasteiger partial charge in [0.05, 0.1) is 5.56 Å². The number of piperazine rings is 1. The second kappa shape index (κ2) is 9.15. The fourth-order valence-electron chi connectivity index (χ4n) is 3.82. The largest absolute Gasteiger partial charge is 0.383 e. The molecule has 3 heterocycles. The topological polar surface area (TPSA) is 84.1 Å². The molecule has 3 N–H and O–H groups in total. The van der Waals surface area contributed by atoms with Gasteiger partial charge in [0, 0.05) is 31.9 Å². The molecule has 0 saturated carbocycles. The van der Waals surface area contributed by atoms with Crippen molar-refractivity contribution in [3.63, 3.8) is 0 Å². The molecule has 1 aliphatic heterocycles. The lowest BCUT2D eigenvalue weighted by Gasteiger charge is -2.35. The molecule has 0 radical (unpaired) electrons. The van der Waals surface area contributed by atoms with Crippen molar-refractivity contribution in [1.29, 1.82) is 0 Å². The molecular weight excluding hydrogens is 350 g/mol. The summed E-state index contributed by atoms with van der Waals surface area (Å²) >= 11 is 0. The number of hydrogen-bond acceptors (Lipinski definition) is 6. The van der Waals surface area contributed by atoms with E-state index in [-0.39, 0.29) is 11.6 Å². The van der Waals surface area contributed by atoms with Gasteiger partial charge in [-0.3, -0.25) is 4.79 Å². The molecule has 1 fully saturated rings. The number of rotatable bonds is 7. The average Bonchev–Trinajstić information content (AvgIpc) is 2.68. The van der Waals surface area contributed by atoms with Crippen molar-refractivity contribution in [2.24, 2.45) is 5.92 Å². The molecule has 0 aliphatic carbocycles. The SMILES string of the molecule is CCCc1ccc(N2CCN[C@@H](CC(C)C)C2)nc1C(=O)c1cccnc1N. The van der Waals surface area contributed by atoms with Gasteiger partial charge in [-0.05, 0) is 42.5 Å². The minimum Gasteiger partial charge on any atom is -0.383 e. The van der Waals surface area contributed by atoms with Gasteiger partial charge in [-0.15, -0.1) is 0 Å². The molecule has 2 aromatic rings. The van der Waals surface area contributed by atoms with Crippen molar-refractivity contribution in [2.75, 3.05) is 30.3 Å². The van der Waals surface area contributed by atoms with E-state index >= 15 is 0 Å². The zero-order chi connectivity index (χ0) is 20.1. The zero-order valence-electron chi connectivity index (χ0n) is 17.1. The first-order valence-corrected chi connectivity index (χ1v) is 10.2. The maximum absolute atomic E-state index is 13.2. The summed E-state index contributed by atoms with van der Waals surface area (Å²) in [5, 5.41) is 3.59. The number of anilines is 2. The third-order valence-electron chi connectivity index (χ3n) is 5.12. The lowest BCUT2D eigenvalue weighted by molar-refractivity contribution is 0.103. The normalized spacial score (nSPS) is 17.1. The van der Waals surface area contributed by atoms with Crippen molar-refractivity contribution < 1.29 is 4.79 Å². The van der Waals surface area contributed by atoms with Gasteiger partial charge >= 0.3 is 0 Å². The lowest BCUT2D eigenvalue weighted by Crippen LogP contribution is -2.51. The third kappa shape index (κ3) is 4.68. The summed E-state index contributed by atoms with van der Waals surface area (Å²) in [4.78, 5) is 24.3. The summed E-state index contributed by atoms with van der Waals surface area (Å²) in [6.07, 6.45) is 4.49. The highest BCUT2D eigenvalue weighted by Gasteiger charge is 2.24. The van der Waals surface area contributed by atoms with Gasteiger partial charge in [-0.1, -0.05) is 33.3 Å².